The van der Waals surface area contributed by atoms with E-state index in [0.29, 0.717) is 12.3 Å². The van der Waals surface area contributed by atoms with Crippen LogP contribution < -0.4 is 4.90 Å². The van der Waals surface area contributed by atoms with Crippen LogP contribution in [0.3, 0.4) is 0 Å². The first kappa shape index (κ1) is 16.9. The largest absolute Gasteiger partial charge is 0.461 e. The fourth-order valence-electron chi connectivity index (χ4n) is 1.56. The smallest absolute Gasteiger partial charge is 0.355 e. The molecule has 0 spiro atoms. The highest BCUT2D eigenvalue weighted by Crippen LogP contribution is 2.14. The number of ether oxygens (including phenoxy) is 1. The van der Waals surface area contributed by atoms with Gasteiger partial charge in [-0.05, 0) is 19.1 Å². The van der Waals surface area contributed by atoms with E-state index in [1.807, 2.05) is 16.5 Å². The first-order valence-electron chi connectivity index (χ1n) is 6.46. The quantitative estimate of drug-likeness (QED) is 0.487. The third-order valence-corrected chi connectivity index (χ3v) is 3.01. The zero-order chi connectivity index (χ0) is 15.1. The van der Waals surface area contributed by atoms with Gasteiger partial charge in [-0.25, -0.2) is 9.78 Å². The molecule has 0 amide bonds. The number of pyridine rings is 1. The predicted octanol–water partition coefficient (Wildman–Crippen LogP) is 1.21. The summed E-state index contributed by atoms with van der Waals surface area (Å²) in [7, 11) is 6.25. The van der Waals surface area contributed by atoms with Gasteiger partial charge in [0.25, 0.3) is 0 Å². The number of aromatic nitrogens is 2. The lowest BCUT2D eigenvalue weighted by Gasteiger charge is -2.06. The van der Waals surface area contributed by atoms with E-state index in [1.54, 1.807) is 19.2 Å². The van der Waals surface area contributed by atoms with Crippen LogP contribution >= 0.6 is 22.6 Å². The van der Waals surface area contributed by atoms with Crippen molar-refractivity contribution in [3.8, 4) is 0 Å². The average molecular weight is 390 g/mol. The average Bonchev–Trinajstić information content (AvgIpc) is 2.81. The minimum absolute atomic E-state index is 0.308. The number of esters is 1. The van der Waals surface area contributed by atoms with Gasteiger partial charge in [-0.1, -0.05) is 28.7 Å². The molecule has 0 fully saturated rings. The number of rotatable bonds is 3. The van der Waals surface area contributed by atoms with Crippen LogP contribution in [0.5, 0.6) is 0 Å². The van der Waals surface area contributed by atoms with Gasteiger partial charge in [-0.3, -0.25) is 4.40 Å². The molecule has 0 saturated carbocycles. The van der Waals surface area contributed by atoms with E-state index in [0.717, 1.165) is 15.8 Å². The maximum absolute atomic E-state index is 11.8. The normalized spacial score (nSPS) is 10.3. The summed E-state index contributed by atoms with van der Waals surface area (Å²) in [6, 6.07) is 5.44. The van der Waals surface area contributed by atoms with Gasteiger partial charge in [-0.2, -0.15) is 0 Å². The summed E-state index contributed by atoms with van der Waals surface area (Å²) in [6.45, 7) is 2.18. The molecule has 20 heavy (non-hydrogen) atoms. The first-order valence-corrected chi connectivity index (χ1v) is 7.99. The minimum atomic E-state index is -0.308. The van der Waals surface area contributed by atoms with E-state index in [-0.39, 0.29) is 5.97 Å². The summed E-state index contributed by atoms with van der Waals surface area (Å²) in [5.74, 6) is -0.308. The molecule has 0 radical (unpaired) electrons. The highest BCUT2D eigenvalue weighted by atomic mass is 127. The van der Waals surface area contributed by atoms with Gasteiger partial charge in [0.1, 0.15) is 11.3 Å². The summed E-state index contributed by atoms with van der Waals surface area (Å²) >= 11 is 2.25. The molecule has 0 aliphatic heterocycles. The van der Waals surface area contributed by atoms with Crippen LogP contribution in [-0.4, -0.2) is 43.1 Å². The van der Waals surface area contributed by atoms with Crippen molar-refractivity contribution in [2.24, 2.45) is 0 Å². The molecule has 2 aromatic heterocycles. The zero-order valence-corrected chi connectivity index (χ0v) is 14.5. The Hall–Kier alpha value is -1.15. The Morgan fingerprint density at radius 2 is 2.05 bits per heavy atom. The van der Waals surface area contributed by atoms with Crippen LogP contribution in [-0.2, 0) is 9.16 Å². The molecule has 0 aliphatic rings. The second-order valence-electron chi connectivity index (χ2n) is 4.71. The summed E-state index contributed by atoms with van der Waals surface area (Å²) in [5.41, 5.74) is 2.31. The molecule has 2 rings (SSSR count). The molecule has 0 atom stereocenters. The molecule has 0 aromatic carbocycles. The van der Waals surface area contributed by atoms with Crippen molar-refractivity contribution in [2.75, 3.05) is 27.7 Å². The van der Waals surface area contributed by atoms with Gasteiger partial charge in [0.15, 0.2) is 0 Å². The van der Waals surface area contributed by atoms with Crippen LogP contribution in [0.1, 0.15) is 23.1 Å². The highest BCUT2D eigenvalue weighted by molar-refractivity contribution is 14.1. The van der Waals surface area contributed by atoms with Crippen molar-refractivity contribution in [1.82, 2.24) is 9.38 Å². The number of fused-ring (bicyclic) bond motifs is 1. The summed E-state index contributed by atoms with van der Waals surface area (Å²) in [5, 5.41) is 0. The van der Waals surface area contributed by atoms with Crippen molar-refractivity contribution >= 4 is 34.2 Å². The standard InChI is InChI=1S/C11H11IN2O2.C3H9N/c1-2-16-11(15)9-4-3-5-10-13-7-8(6-12)14(9)10;1-4(2)3/h3-5,7H,2,6H2,1H3;1-3H3/p+1. The SMILES string of the molecule is CCOC(=O)c1cccc2ncc(CI)n12.C[NH+](C)C. The molecule has 0 bridgehead atoms. The number of hydrogen-bond donors (Lipinski definition) is 1. The molecule has 2 heterocycles. The van der Waals surface area contributed by atoms with Crippen LogP contribution in [0.2, 0.25) is 0 Å². The van der Waals surface area contributed by atoms with E-state index in [1.165, 1.54) is 4.90 Å². The van der Waals surface area contributed by atoms with Gasteiger partial charge in [-0.15, -0.1) is 0 Å². The molecule has 5 nitrogen and oxygen atoms in total. The van der Waals surface area contributed by atoms with Gasteiger partial charge >= 0.3 is 5.97 Å². The molecule has 0 aliphatic carbocycles. The molecule has 110 valence electrons. The summed E-state index contributed by atoms with van der Waals surface area (Å²) in [6.07, 6.45) is 1.78. The Labute approximate surface area is 133 Å². The van der Waals surface area contributed by atoms with Crippen molar-refractivity contribution in [3.63, 3.8) is 0 Å². The van der Waals surface area contributed by atoms with Gasteiger partial charge < -0.3 is 9.64 Å². The second-order valence-corrected chi connectivity index (χ2v) is 5.47. The third kappa shape index (κ3) is 4.45. The molecule has 0 unspecified atom stereocenters. The van der Waals surface area contributed by atoms with Crippen molar-refractivity contribution in [1.29, 1.82) is 0 Å². The lowest BCUT2D eigenvalue weighted by molar-refractivity contribution is -0.836. The Bertz CT molecular complexity index is 564. The molecule has 2 aromatic rings. The summed E-state index contributed by atoms with van der Waals surface area (Å²) in [4.78, 5) is 17.4. The molecular weight excluding hydrogens is 369 g/mol. The lowest BCUT2D eigenvalue weighted by Crippen LogP contribution is -3.02. The number of alkyl halides is 1. The molecule has 6 heteroatoms. The Balaban J connectivity index is 0.000000444. The van der Waals surface area contributed by atoms with Gasteiger partial charge in [0.05, 0.1) is 33.4 Å². The monoisotopic (exact) mass is 390 g/mol. The second kappa shape index (κ2) is 8.21. The fraction of sp³-hybridized carbons (Fsp3) is 0.429. The first-order chi connectivity index (χ1) is 9.51. The number of nitrogens with zero attached hydrogens (tertiary/aromatic N) is 2. The topological polar surface area (TPSA) is 48.0 Å². The van der Waals surface area contributed by atoms with Crippen molar-refractivity contribution in [2.45, 2.75) is 11.4 Å². The maximum Gasteiger partial charge on any atom is 0.355 e. The molecule has 0 saturated heterocycles. The maximum atomic E-state index is 11.8. The number of quaternary nitrogens is 1. The van der Waals surface area contributed by atoms with E-state index in [2.05, 4.69) is 48.7 Å². The van der Waals surface area contributed by atoms with Crippen LogP contribution in [0.25, 0.3) is 5.65 Å². The van der Waals surface area contributed by atoms with E-state index in [9.17, 15) is 4.79 Å². The van der Waals surface area contributed by atoms with Crippen LogP contribution in [0.15, 0.2) is 24.4 Å². The molecule has 1 N–H and O–H groups in total. The zero-order valence-electron chi connectivity index (χ0n) is 12.3. The Morgan fingerprint density at radius 3 is 2.60 bits per heavy atom. The van der Waals surface area contributed by atoms with E-state index >= 15 is 0 Å². The number of halogens is 1. The number of nitrogens with one attached hydrogen (secondary N) is 1. The van der Waals surface area contributed by atoms with Crippen molar-refractivity contribution < 1.29 is 14.4 Å². The van der Waals surface area contributed by atoms with Crippen LogP contribution in [0, 0.1) is 0 Å². The number of carbonyl (C=O) groups excluding carboxylic acids is 1. The number of hydrogen-bond acceptors (Lipinski definition) is 3. The van der Waals surface area contributed by atoms with Gasteiger partial charge in [0.2, 0.25) is 0 Å². The summed E-state index contributed by atoms with van der Waals surface area (Å²) < 4.78 is 7.65. The number of carbonyl (C=O) groups is 1. The van der Waals surface area contributed by atoms with Crippen LogP contribution in [0.4, 0.5) is 0 Å². The van der Waals surface area contributed by atoms with E-state index in [4.69, 9.17) is 4.74 Å². The van der Waals surface area contributed by atoms with Crippen molar-refractivity contribution in [3.05, 3.63) is 35.8 Å². The lowest BCUT2D eigenvalue weighted by atomic mass is 10.3. The fourth-order valence-corrected chi connectivity index (χ4v) is 2.10. The third-order valence-electron chi connectivity index (χ3n) is 2.22. The van der Waals surface area contributed by atoms with E-state index < -0.39 is 0 Å². The molecular formula is C14H21IN3O2+. The number of imidazole rings is 1. The van der Waals surface area contributed by atoms with Gasteiger partial charge in [0, 0.05) is 10.6 Å². The Morgan fingerprint density at radius 1 is 1.40 bits per heavy atom. The Kier molecular flexibility index (Phi) is 6.94. The minimum Gasteiger partial charge on any atom is -0.461 e. The highest BCUT2D eigenvalue weighted by Gasteiger charge is 2.13. The predicted molar refractivity (Wildman–Crippen MR) is 87.6 cm³/mol.